The highest BCUT2D eigenvalue weighted by Crippen LogP contribution is 2.15. The van der Waals surface area contributed by atoms with Gasteiger partial charge in [-0.15, -0.1) is 0 Å². The van der Waals surface area contributed by atoms with E-state index in [-0.39, 0.29) is 19.0 Å². The third-order valence-corrected chi connectivity index (χ3v) is 2.58. The van der Waals surface area contributed by atoms with E-state index in [1.165, 1.54) is 6.07 Å². The van der Waals surface area contributed by atoms with Crippen molar-refractivity contribution < 1.29 is 13.9 Å². The molecule has 0 fully saturated rings. The maximum Gasteiger partial charge on any atom is 0.158 e. The van der Waals surface area contributed by atoms with Crippen molar-refractivity contribution in [2.45, 2.75) is 32.8 Å². The number of ether oxygens (including phenoxy) is 1. The highest BCUT2D eigenvalue weighted by atomic mass is 35.5. The molecule has 0 heterocycles. The molecule has 0 atom stereocenters. The van der Waals surface area contributed by atoms with Gasteiger partial charge >= 0.3 is 0 Å². The Bertz CT molecular complexity index is 380. The molecular weight excluding hydrogens is 243 g/mol. The molecule has 0 radical (unpaired) electrons. The van der Waals surface area contributed by atoms with Gasteiger partial charge in [-0.05, 0) is 18.6 Å². The fourth-order valence-corrected chi connectivity index (χ4v) is 1.52. The van der Waals surface area contributed by atoms with E-state index in [4.69, 9.17) is 16.3 Å². The number of carbonyl (C=O) groups is 1. The number of hydrogen-bond acceptors (Lipinski definition) is 2. The van der Waals surface area contributed by atoms with E-state index in [1.807, 2.05) is 6.92 Å². The Hall–Kier alpha value is -0.930. The summed E-state index contributed by atoms with van der Waals surface area (Å²) >= 11 is 5.62. The van der Waals surface area contributed by atoms with Crippen LogP contribution in [0.1, 0.15) is 31.7 Å². The average molecular weight is 259 g/mol. The van der Waals surface area contributed by atoms with Crippen molar-refractivity contribution in [3.63, 3.8) is 0 Å². The van der Waals surface area contributed by atoms with Crippen LogP contribution in [0.3, 0.4) is 0 Å². The zero-order valence-electron chi connectivity index (χ0n) is 9.84. The summed E-state index contributed by atoms with van der Waals surface area (Å²) in [7, 11) is 0. The Labute approximate surface area is 106 Å². The quantitative estimate of drug-likeness (QED) is 0.744. The van der Waals surface area contributed by atoms with Gasteiger partial charge in [0.1, 0.15) is 12.4 Å². The minimum atomic E-state index is -0.404. The van der Waals surface area contributed by atoms with Crippen LogP contribution in [0.4, 0.5) is 4.39 Å². The number of Topliss-reactive ketones (excluding diaryl/α,β-unsaturated/α-hetero) is 1. The first kappa shape index (κ1) is 14.1. The molecule has 0 amide bonds. The number of rotatable bonds is 7. The van der Waals surface area contributed by atoms with Crippen LogP contribution in [0.5, 0.6) is 0 Å². The van der Waals surface area contributed by atoms with Crippen molar-refractivity contribution in [2.75, 3.05) is 6.61 Å². The van der Waals surface area contributed by atoms with Gasteiger partial charge in [0.15, 0.2) is 5.78 Å². The number of halogens is 2. The Morgan fingerprint density at radius 1 is 1.47 bits per heavy atom. The smallest absolute Gasteiger partial charge is 0.158 e. The standard InChI is InChI=1S/C13H16ClFO2/c1-2-3-4-12(16)9-17-8-10-5-6-11(14)7-13(10)15/h5-7H,2-4,8-9H2,1H3. The van der Waals surface area contributed by atoms with Crippen LogP contribution >= 0.6 is 11.6 Å². The van der Waals surface area contributed by atoms with Crippen LogP contribution in [0.25, 0.3) is 0 Å². The van der Waals surface area contributed by atoms with Gasteiger partial charge in [-0.3, -0.25) is 4.79 Å². The predicted octanol–water partition coefficient (Wildman–Crippen LogP) is 3.76. The Kier molecular flexibility index (Phi) is 6.16. The van der Waals surface area contributed by atoms with Crippen LogP contribution in [0.15, 0.2) is 18.2 Å². The summed E-state index contributed by atoms with van der Waals surface area (Å²) in [6, 6.07) is 4.40. The number of ketones is 1. The summed E-state index contributed by atoms with van der Waals surface area (Å²) in [5.74, 6) is -0.347. The molecule has 2 nitrogen and oxygen atoms in total. The number of hydrogen-bond donors (Lipinski definition) is 0. The second kappa shape index (κ2) is 7.41. The summed E-state index contributed by atoms with van der Waals surface area (Å²) in [5, 5.41) is 0.352. The van der Waals surface area contributed by atoms with Crippen LogP contribution in [-0.4, -0.2) is 12.4 Å². The van der Waals surface area contributed by atoms with Gasteiger partial charge < -0.3 is 4.74 Å². The maximum atomic E-state index is 13.3. The molecule has 1 aromatic carbocycles. The predicted molar refractivity (Wildman–Crippen MR) is 65.6 cm³/mol. The van der Waals surface area contributed by atoms with Crippen molar-refractivity contribution >= 4 is 17.4 Å². The lowest BCUT2D eigenvalue weighted by Gasteiger charge is -2.05. The highest BCUT2D eigenvalue weighted by molar-refractivity contribution is 6.30. The van der Waals surface area contributed by atoms with Crippen molar-refractivity contribution in [2.24, 2.45) is 0 Å². The molecule has 0 aliphatic heterocycles. The van der Waals surface area contributed by atoms with Crippen LogP contribution < -0.4 is 0 Å². The minimum Gasteiger partial charge on any atom is -0.369 e. The third kappa shape index (κ3) is 5.29. The summed E-state index contributed by atoms with van der Waals surface area (Å²) in [5.41, 5.74) is 0.415. The van der Waals surface area contributed by atoms with Gasteiger partial charge in [-0.2, -0.15) is 0 Å². The molecule has 17 heavy (non-hydrogen) atoms. The van der Waals surface area contributed by atoms with Crippen LogP contribution in [0, 0.1) is 5.82 Å². The van der Waals surface area contributed by atoms with E-state index in [0.29, 0.717) is 17.0 Å². The molecule has 0 N–H and O–H groups in total. The third-order valence-electron chi connectivity index (χ3n) is 2.34. The van der Waals surface area contributed by atoms with Gasteiger partial charge in [-0.25, -0.2) is 4.39 Å². The Morgan fingerprint density at radius 2 is 2.24 bits per heavy atom. The van der Waals surface area contributed by atoms with E-state index in [2.05, 4.69) is 0 Å². The minimum absolute atomic E-state index is 0.0437. The topological polar surface area (TPSA) is 26.3 Å². The number of unbranched alkanes of at least 4 members (excludes halogenated alkanes) is 1. The molecule has 0 aromatic heterocycles. The van der Waals surface area contributed by atoms with Gasteiger partial charge in [0, 0.05) is 17.0 Å². The molecule has 0 spiro atoms. The molecular formula is C13H16ClFO2. The largest absolute Gasteiger partial charge is 0.369 e. The molecule has 4 heteroatoms. The summed E-state index contributed by atoms with van der Waals surface area (Å²) in [6.45, 7) is 2.17. The van der Waals surface area contributed by atoms with E-state index < -0.39 is 5.82 Å². The lowest BCUT2D eigenvalue weighted by molar-refractivity contribution is -0.124. The van der Waals surface area contributed by atoms with Gasteiger partial charge in [-0.1, -0.05) is 31.0 Å². The van der Waals surface area contributed by atoms with Gasteiger partial charge in [0.25, 0.3) is 0 Å². The van der Waals surface area contributed by atoms with E-state index >= 15 is 0 Å². The van der Waals surface area contributed by atoms with Crippen LogP contribution in [-0.2, 0) is 16.1 Å². The van der Waals surface area contributed by atoms with Gasteiger partial charge in [0.2, 0.25) is 0 Å². The summed E-state index contributed by atoms with van der Waals surface area (Å²) in [4.78, 5) is 11.3. The second-order valence-electron chi connectivity index (χ2n) is 3.87. The maximum absolute atomic E-state index is 13.3. The zero-order valence-corrected chi connectivity index (χ0v) is 10.6. The van der Waals surface area contributed by atoms with E-state index in [9.17, 15) is 9.18 Å². The van der Waals surface area contributed by atoms with Crippen molar-refractivity contribution in [1.82, 2.24) is 0 Å². The number of benzene rings is 1. The first-order valence-electron chi connectivity index (χ1n) is 5.67. The molecule has 1 aromatic rings. The average Bonchev–Trinajstić information content (AvgIpc) is 2.29. The summed E-state index contributed by atoms with van der Waals surface area (Å²) in [6.07, 6.45) is 2.38. The zero-order chi connectivity index (χ0) is 12.7. The fourth-order valence-electron chi connectivity index (χ4n) is 1.36. The van der Waals surface area contributed by atoms with E-state index in [0.717, 1.165) is 12.8 Å². The fraction of sp³-hybridized carbons (Fsp3) is 0.462. The summed E-state index contributed by atoms with van der Waals surface area (Å²) < 4.78 is 18.5. The monoisotopic (exact) mass is 258 g/mol. The SMILES string of the molecule is CCCCC(=O)COCc1ccc(Cl)cc1F. The Balaban J connectivity index is 2.33. The first-order chi connectivity index (χ1) is 8.13. The molecule has 94 valence electrons. The molecule has 0 bridgehead atoms. The highest BCUT2D eigenvalue weighted by Gasteiger charge is 2.05. The lowest BCUT2D eigenvalue weighted by Crippen LogP contribution is -2.08. The van der Waals surface area contributed by atoms with Gasteiger partial charge in [0.05, 0.1) is 6.61 Å². The molecule has 0 unspecified atom stereocenters. The van der Waals surface area contributed by atoms with E-state index in [1.54, 1.807) is 12.1 Å². The molecule has 0 saturated carbocycles. The molecule has 0 saturated heterocycles. The Morgan fingerprint density at radius 3 is 2.88 bits per heavy atom. The van der Waals surface area contributed by atoms with Crippen LogP contribution in [0.2, 0.25) is 5.02 Å². The second-order valence-corrected chi connectivity index (χ2v) is 4.31. The molecule has 1 rings (SSSR count). The normalized spacial score (nSPS) is 10.5. The lowest BCUT2D eigenvalue weighted by atomic mass is 10.2. The first-order valence-corrected chi connectivity index (χ1v) is 6.04. The van der Waals surface area contributed by atoms with Crippen molar-refractivity contribution in [3.05, 3.63) is 34.6 Å². The number of carbonyl (C=O) groups excluding carboxylic acids is 1. The van der Waals surface area contributed by atoms with Crippen molar-refractivity contribution in [1.29, 1.82) is 0 Å². The molecule has 0 aliphatic carbocycles. The molecule has 0 aliphatic rings. The van der Waals surface area contributed by atoms with Crippen molar-refractivity contribution in [3.8, 4) is 0 Å².